The van der Waals surface area contributed by atoms with E-state index in [-0.39, 0.29) is 18.1 Å². The molecule has 0 saturated carbocycles. The van der Waals surface area contributed by atoms with Crippen LogP contribution in [0.4, 0.5) is 0 Å². The van der Waals surface area contributed by atoms with Gasteiger partial charge in [-0.05, 0) is 31.9 Å². The molecule has 2 heterocycles. The van der Waals surface area contributed by atoms with Crippen molar-refractivity contribution in [1.29, 1.82) is 0 Å². The summed E-state index contributed by atoms with van der Waals surface area (Å²) >= 11 is 0. The smallest absolute Gasteiger partial charge is 0.249 e. The molecule has 1 amide bonds. The molecule has 88 valence electrons. The molecule has 0 unspecified atom stereocenters. The summed E-state index contributed by atoms with van der Waals surface area (Å²) < 4.78 is 10.5. The lowest BCUT2D eigenvalue weighted by Gasteiger charge is -2.15. The van der Waals surface area contributed by atoms with Gasteiger partial charge in [0, 0.05) is 19.1 Å². The van der Waals surface area contributed by atoms with Crippen LogP contribution in [0.2, 0.25) is 0 Å². The van der Waals surface area contributed by atoms with E-state index in [1.165, 1.54) is 0 Å². The van der Waals surface area contributed by atoms with Gasteiger partial charge < -0.3 is 14.5 Å². The van der Waals surface area contributed by atoms with Crippen LogP contribution in [0.15, 0.2) is 22.8 Å². The molecule has 4 nitrogen and oxygen atoms in total. The molecule has 2 atom stereocenters. The van der Waals surface area contributed by atoms with E-state index in [9.17, 15) is 4.79 Å². The molecule has 0 aliphatic carbocycles. The molecule has 0 spiro atoms. The monoisotopic (exact) mass is 223 g/mol. The number of carbonyl (C=O) groups is 1. The zero-order valence-corrected chi connectivity index (χ0v) is 9.44. The van der Waals surface area contributed by atoms with Gasteiger partial charge >= 0.3 is 0 Å². The second kappa shape index (κ2) is 5.16. The number of carbonyl (C=O) groups excluding carboxylic acids is 1. The van der Waals surface area contributed by atoms with E-state index in [1.807, 2.05) is 19.1 Å². The van der Waals surface area contributed by atoms with Crippen molar-refractivity contribution in [3.05, 3.63) is 24.2 Å². The molecule has 1 saturated heterocycles. The van der Waals surface area contributed by atoms with Gasteiger partial charge in [0.1, 0.15) is 11.9 Å². The van der Waals surface area contributed by atoms with Gasteiger partial charge in [0.05, 0.1) is 6.26 Å². The van der Waals surface area contributed by atoms with E-state index in [4.69, 9.17) is 9.15 Å². The van der Waals surface area contributed by atoms with Crippen LogP contribution in [0.5, 0.6) is 0 Å². The maximum atomic E-state index is 11.7. The predicted molar refractivity (Wildman–Crippen MR) is 59.0 cm³/mol. The van der Waals surface area contributed by atoms with Crippen molar-refractivity contribution in [3.8, 4) is 0 Å². The Morgan fingerprint density at radius 2 is 2.56 bits per heavy atom. The van der Waals surface area contributed by atoms with Gasteiger partial charge in [-0.2, -0.15) is 0 Å². The second-order valence-corrected chi connectivity index (χ2v) is 4.19. The second-order valence-electron chi connectivity index (χ2n) is 4.19. The first-order valence-electron chi connectivity index (χ1n) is 5.70. The van der Waals surface area contributed by atoms with Crippen molar-refractivity contribution in [2.75, 3.05) is 6.61 Å². The topological polar surface area (TPSA) is 51.5 Å². The van der Waals surface area contributed by atoms with E-state index in [0.29, 0.717) is 13.0 Å². The van der Waals surface area contributed by atoms with Crippen molar-refractivity contribution >= 4 is 5.91 Å². The first-order valence-corrected chi connectivity index (χ1v) is 5.70. The molecular weight excluding hydrogens is 206 g/mol. The third kappa shape index (κ3) is 2.85. The first-order chi connectivity index (χ1) is 7.75. The third-order valence-electron chi connectivity index (χ3n) is 2.70. The van der Waals surface area contributed by atoms with Crippen LogP contribution < -0.4 is 5.32 Å². The predicted octanol–water partition coefficient (Wildman–Crippen LogP) is 1.51. The van der Waals surface area contributed by atoms with Crippen molar-refractivity contribution < 1.29 is 13.9 Å². The van der Waals surface area contributed by atoms with Crippen LogP contribution in [-0.4, -0.2) is 24.7 Å². The Bertz CT molecular complexity index is 328. The summed E-state index contributed by atoms with van der Waals surface area (Å²) in [5, 5.41) is 2.94. The highest BCUT2D eigenvalue weighted by Crippen LogP contribution is 2.12. The van der Waals surface area contributed by atoms with Crippen molar-refractivity contribution in [3.63, 3.8) is 0 Å². The fourth-order valence-electron chi connectivity index (χ4n) is 1.90. The summed E-state index contributed by atoms with van der Waals surface area (Å²) in [4.78, 5) is 11.7. The van der Waals surface area contributed by atoms with E-state index in [0.717, 1.165) is 18.6 Å². The normalized spacial score (nSPS) is 21.9. The van der Waals surface area contributed by atoms with Crippen molar-refractivity contribution in [2.24, 2.45) is 0 Å². The lowest BCUT2D eigenvalue weighted by atomic mass is 10.1. The number of ether oxygens (including phenoxy) is 1. The summed E-state index contributed by atoms with van der Waals surface area (Å²) in [5.74, 6) is 0.886. The first kappa shape index (κ1) is 11.2. The molecule has 1 aromatic heterocycles. The Labute approximate surface area is 95.0 Å². The van der Waals surface area contributed by atoms with Crippen LogP contribution in [0.1, 0.15) is 25.5 Å². The van der Waals surface area contributed by atoms with Crippen LogP contribution in [0.25, 0.3) is 0 Å². The highest BCUT2D eigenvalue weighted by atomic mass is 16.5. The largest absolute Gasteiger partial charge is 0.469 e. The van der Waals surface area contributed by atoms with Crippen LogP contribution >= 0.6 is 0 Å². The van der Waals surface area contributed by atoms with Gasteiger partial charge in [-0.25, -0.2) is 0 Å². The van der Waals surface area contributed by atoms with Crippen molar-refractivity contribution in [1.82, 2.24) is 5.32 Å². The van der Waals surface area contributed by atoms with E-state index in [2.05, 4.69) is 5.32 Å². The summed E-state index contributed by atoms with van der Waals surface area (Å²) in [6.07, 6.45) is 3.92. The Hall–Kier alpha value is -1.29. The lowest BCUT2D eigenvalue weighted by molar-refractivity contribution is -0.130. The Morgan fingerprint density at radius 1 is 1.69 bits per heavy atom. The minimum Gasteiger partial charge on any atom is -0.469 e. The van der Waals surface area contributed by atoms with Gasteiger partial charge in [-0.15, -0.1) is 0 Å². The summed E-state index contributed by atoms with van der Waals surface area (Å²) in [6.45, 7) is 2.67. The van der Waals surface area contributed by atoms with Crippen LogP contribution in [0, 0.1) is 0 Å². The standard InChI is InChI=1S/C12H17NO3/c1-9(8-10-4-2-6-15-10)13-12(14)11-5-3-7-16-11/h2,4,6,9,11H,3,5,7-8H2,1H3,(H,13,14)/t9-,11+/m1/s1. The zero-order valence-electron chi connectivity index (χ0n) is 9.44. The Morgan fingerprint density at radius 3 is 3.19 bits per heavy atom. The third-order valence-corrected chi connectivity index (χ3v) is 2.70. The van der Waals surface area contributed by atoms with Gasteiger partial charge in [0.25, 0.3) is 0 Å². The maximum Gasteiger partial charge on any atom is 0.249 e. The zero-order chi connectivity index (χ0) is 11.4. The molecule has 16 heavy (non-hydrogen) atoms. The van der Waals surface area contributed by atoms with Gasteiger partial charge in [-0.1, -0.05) is 0 Å². The van der Waals surface area contributed by atoms with Crippen LogP contribution in [0.3, 0.4) is 0 Å². The number of rotatable bonds is 4. The number of nitrogens with one attached hydrogen (secondary N) is 1. The molecule has 0 radical (unpaired) electrons. The average Bonchev–Trinajstić information content (AvgIpc) is 2.88. The minimum absolute atomic E-state index is 0.00319. The Balaban J connectivity index is 1.78. The molecule has 0 aromatic carbocycles. The molecule has 0 bridgehead atoms. The lowest BCUT2D eigenvalue weighted by Crippen LogP contribution is -2.40. The molecule has 1 aliphatic heterocycles. The van der Waals surface area contributed by atoms with Gasteiger partial charge in [0.15, 0.2) is 0 Å². The van der Waals surface area contributed by atoms with E-state index < -0.39 is 0 Å². The SMILES string of the molecule is C[C@H](Cc1ccco1)NC(=O)[C@@H]1CCCO1. The molecule has 2 rings (SSSR count). The fraction of sp³-hybridized carbons (Fsp3) is 0.583. The van der Waals surface area contributed by atoms with E-state index >= 15 is 0 Å². The number of furan rings is 1. The summed E-state index contributed by atoms with van der Waals surface area (Å²) in [5.41, 5.74) is 0. The number of hydrogen-bond acceptors (Lipinski definition) is 3. The molecular formula is C12H17NO3. The van der Waals surface area contributed by atoms with E-state index in [1.54, 1.807) is 6.26 Å². The maximum absolute atomic E-state index is 11.7. The molecule has 1 N–H and O–H groups in total. The number of amides is 1. The number of hydrogen-bond donors (Lipinski definition) is 1. The Kier molecular flexibility index (Phi) is 3.62. The highest BCUT2D eigenvalue weighted by molar-refractivity contribution is 5.81. The molecule has 1 aliphatic rings. The minimum atomic E-state index is -0.251. The highest BCUT2D eigenvalue weighted by Gasteiger charge is 2.24. The molecule has 4 heteroatoms. The van der Waals surface area contributed by atoms with Crippen LogP contribution in [-0.2, 0) is 16.0 Å². The molecule has 1 fully saturated rings. The fourth-order valence-corrected chi connectivity index (χ4v) is 1.90. The van der Waals surface area contributed by atoms with Crippen molar-refractivity contribution in [2.45, 2.75) is 38.3 Å². The summed E-state index contributed by atoms with van der Waals surface area (Å²) in [7, 11) is 0. The van der Waals surface area contributed by atoms with Gasteiger partial charge in [-0.3, -0.25) is 4.79 Å². The summed E-state index contributed by atoms with van der Waals surface area (Å²) in [6, 6.07) is 3.83. The van der Waals surface area contributed by atoms with Gasteiger partial charge in [0.2, 0.25) is 5.91 Å². The molecule has 1 aromatic rings. The quantitative estimate of drug-likeness (QED) is 0.841. The average molecular weight is 223 g/mol.